The first kappa shape index (κ1) is 42.3. The van der Waals surface area contributed by atoms with E-state index in [1.807, 2.05) is 13.8 Å². The van der Waals surface area contributed by atoms with Gasteiger partial charge in [0.1, 0.15) is 17.9 Å². The van der Waals surface area contributed by atoms with Crippen molar-refractivity contribution in [3.8, 4) is 5.75 Å². The molecule has 0 unspecified atom stereocenters. The number of aliphatic hydroxyl groups is 1. The topological polar surface area (TPSA) is 167 Å². The largest absolute Gasteiger partial charge is 0.495 e. The molecule has 2 aromatic carbocycles. The normalized spacial score (nSPS) is 22.6. The molecule has 0 spiro atoms. The van der Waals surface area contributed by atoms with Crippen LogP contribution in [0.5, 0.6) is 5.75 Å². The summed E-state index contributed by atoms with van der Waals surface area (Å²) in [5.41, 5.74) is 0.164. The van der Waals surface area contributed by atoms with Crippen molar-refractivity contribution in [1.82, 2.24) is 10.6 Å². The van der Waals surface area contributed by atoms with Crippen molar-refractivity contribution in [3.63, 3.8) is 0 Å². The molecule has 6 atom stereocenters. The standard InChI is InChI=1S/C38H48Cl2N2O10/c1-21(2)17-30-36(47)51-28(22(3)33(44)32(40)24-12-14-25(15-13-24)35(46)50-7)9-8-10-31(43)42-27(19-23-11-16-29(49-6)26(39)18-23)34(45)41-20-38(4,5)37(48)52-30/h8,10-16,18,21-22,27-28,30,32-33,44H,9,17,19-20H2,1-7H3,(H,41,45)(H,42,43)/b10-8+/t22-,27+,28-,30-,32-,33+/m0/s1. The van der Waals surface area contributed by atoms with E-state index in [4.69, 9.17) is 42.1 Å². The third-order valence-corrected chi connectivity index (χ3v) is 9.53. The van der Waals surface area contributed by atoms with E-state index in [2.05, 4.69) is 10.6 Å². The fourth-order valence-electron chi connectivity index (χ4n) is 5.42. The highest BCUT2D eigenvalue weighted by molar-refractivity contribution is 6.32. The zero-order valence-corrected chi connectivity index (χ0v) is 32.0. The van der Waals surface area contributed by atoms with Crippen molar-refractivity contribution >= 4 is 52.9 Å². The Bertz CT molecular complexity index is 1610. The average Bonchev–Trinajstić information content (AvgIpc) is 3.11. The maximum atomic E-state index is 13.7. The third-order valence-electron chi connectivity index (χ3n) is 8.72. The number of hydrogen-bond donors (Lipinski definition) is 3. The van der Waals surface area contributed by atoms with E-state index < -0.39 is 70.8 Å². The minimum atomic E-state index is -1.29. The lowest BCUT2D eigenvalue weighted by molar-refractivity contribution is -0.180. The van der Waals surface area contributed by atoms with E-state index in [-0.39, 0.29) is 31.7 Å². The van der Waals surface area contributed by atoms with Gasteiger partial charge in [-0.05, 0) is 67.7 Å². The quantitative estimate of drug-likeness (QED) is 0.168. The second kappa shape index (κ2) is 19.1. The van der Waals surface area contributed by atoms with Crippen LogP contribution in [0.15, 0.2) is 54.6 Å². The van der Waals surface area contributed by atoms with Crippen LogP contribution in [0.4, 0.5) is 0 Å². The Balaban J connectivity index is 1.96. The highest BCUT2D eigenvalue weighted by atomic mass is 35.5. The predicted octanol–water partition coefficient (Wildman–Crippen LogP) is 5.11. The number of carbonyl (C=O) groups is 5. The molecule has 3 rings (SSSR count). The molecule has 2 amide bonds. The molecule has 12 nitrogen and oxygen atoms in total. The predicted molar refractivity (Wildman–Crippen MR) is 195 cm³/mol. The fraction of sp³-hybridized carbons (Fsp3) is 0.500. The number of amides is 2. The number of nitrogens with one attached hydrogen (secondary N) is 2. The number of carbonyl (C=O) groups excluding carboxylic acids is 5. The third kappa shape index (κ3) is 11.7. The Labute approximate surface area is 314 Å². The lowest BCUT2D eigenvalue weighted by Crippen LogP contribution is -2.51. The molecule has 0 aromatic heterocycles. The molecule has 14 heteroatoms. The lowest BCUT2D eigenvalue weighted by Gasteiger charge is -2.32. The summed E-state index contributed by atoms with van der Waals surface area (Å²) in [6.45, 7) is 8.32. The van der Waals surface area contributed by atoms with Gasteiger partial charge >= 0.3 is 17.9 Å². The number of alkyl halides is 1. The summed E-state index contributed by atoms with van der Waals surface area (Å²) in [7, 11) is 2.75. The first-order valence-corrected chi connectivity index (χ1v) is 17.8. The molecule has 52 heavy (non-hydrogen) atoms. The van der Waals surface area contributed by atoms with E-state index in [1.54, 1.807) is 51.1 Å². The van der Waals surface area contributed by atoms with E-state index in [1.165, 1.54) is 38.5 Å². The fourth-order valence-corrected chi connectivity index (χ4v) is 6.08. The van der Waals surface area contributed by atoms with Gasteiger partial charge in [-0.3, -0.25) is 14.4 Å². The van der Waals surface area contributed by atoms with Crippen molar-refractivity contribution < 1.29 is 48.0 Å². The molecular weight excluding hydrogens is 715 g/mol. The van der Waals surface area contributed by atoms with Crippen molar-refractivity contribution in [2.45, 2.75) is 83.6 Å². The summed E-state index contributed by atoms with van der Waals surface area (Å²) in [5, 5.41) is 16.2. The van der Waals surface area contributed by atoms with Crippen LogP contribution in [-0.4, -0.2) is 79.9 Å². The summed E-state index contributed by atoms with van der Waals surface area (Å²) in [6, 6.07) is 10.1. The van der Waals surface area contributed by atoms with Gasteiger partial charge in [-0.1, -0.05) is 56.6 Å². The van der Waals surface area contributed by atoms with Crippen molar-refractivity contribution in [1.29, 1.82) is 0 Å². The number of cyclic esters (lactones) is 2. The number of aliphatic hydroxyl groups excluding tert-OH is 1. The van der Waals surface area contributed by atoms with E-state index in [9.17, 15) is 29.1 Å². The molecule has 284 valence electrons. The Morgan fingerprint density at radius 1 is 1.04 bits per heavy atom. The number of hydrogen-bond acceptors (Lipinski definition) is 10. The first-order chi connectivity index (χ1) is 24.5. The van der Waals surface area contributed by atoms with Gasteiger partial charge in [-0.15, -0.1) is 11.6 Å². The summed E-state index contributed by atoms with van der Waals surface area (Å²) < 4.78 is 21.6. The number of halogens is 2. The summed E-state index contributed by atoms with van der Waals surface area (Å²) in [4.78, 5) is 65.7. The maximum Gasteiger partial charge on any atom is 0.347 e. The number of rotatable bonds is 10. The second-order valence-corrected chi connectivity index (χ2v) is 14.7. The Hall–Kier alpha value is -4.13. The Morgan fingerprint density at radius 3 is 2.31 bits per heavy atom. The zero-order valence-electron chi connectivity index (χ0n) is 30.4. The lowest BCUT2D eigenvalue weighted by atomic mass is 9.90. The van der Waals surface area contributed by atoms with Crippen molar-refractivity contribution in [3.05, 3.63) is 76.3 Å². The zero-order chi connectivity index (χ0) is 38.7. The van der Waals surface area contributed by atoms with Crippen LogP contribution in [-0.2, 0) is 39.8 Å². The second-order valence-electron chi connectivity index (χ2n) is 13.8. The van der Waals surface area contributed by atoms with Gasteiger partial charge in [0, 0.05) is 25.3 Å². The van der Waals surface area contributed by atoms with Gasteiger partial charge in [0.2, 0.25) is 11.8 Å². The average molecular weight is 764 g/mol. The van der Waals surface area contributed by atoms with Gasteiger partial charge in [0.05, 0.1) is 41.7 Å². The van der Waals surface area contributed by atoms with Crippen LogP contribution >= 0.6 is 23.2 Å². The van der Waals surface area contributed by atoms with E-state index in [0.29, 0.717) is 27.5 Å². The van der Waals surface area contributed by atoms with Gasteiger partial charge in [0.25, 0.3) is 0 Å². The van der Waals surface area contributed by atoms with Gasteiger partial charge in [0.15, 0.2) is 6.10 Å². The molecule has 0 saturated carbocycles. The maximum absolute atomic E-state index is 13.7. The number of ether oxygens (including phenoxy) is 4. The van der Waals surface area contributed by atoms with E-state index in [0.717, 1.165) is 0 Å². The van der Waals surface area contributed by atoms with Crippen molar-refractivity contribution in [2.75, 3.05) is 20.8 Å². The number of benzene rings is 2. The molecule has 3 N–H and O–H groups in total. The van der Waals surface area contributed by atoms with Crippen LogP contribution in [0.3, 0.4) is 0 Å². The van der Waals surface area contributed by atoms with Gasteiger partial charge in [-0.25, -0.2) is 9.59 Å². The summed E-state index contributed by atoms with van der Waals surface area (Å²) in [6.07, 6.45) is -0.748. The minimum Gasteiger partial charge on any atom is -0.495 e. The molecule has 1 heterocycles. The summed E-state index contributed by atoms with van der Waals surface area (Å²) in [5.74, 6) is -3.70. The molecule has 1 aliphatic rings. The van der Waals surface area contributed by atoms with Crippen LogP contribution in [0.2, 0.25) is 5.02 Å². The molecule has 0 aliphatic carbocycles. The first-order valence-electron chi connectivity index (χ1n) is 17.0. The van der Waals surface area contributed by atoms with E-state index >= 15 is 0 Å². The molecule has 0 fully saturated rings. The van der Waals surface area contributed by atoms with Crippen LogP contribution in [0, 0.1) is 17.3 Å². The van der Waals surface area contributed by atoms with Crippen LogP contribution in [0.1, 0.15) is 74.3 Å². The molecule has 1 aliphatic heterocycles. The SMILES string of the molecule is COC(=O)c1ccc([C@H](Cl)[C@H](O)[C@@H](C)[C@@H]2C/C=C/C(=O)N[C@H](Cc3ccc(OC)c(Cl)c3)C(=O)NCC(C)(C)C(=O)O[C@@H](CC(C)C)C(=O)O2)cc1. The number of methoxy groups -OCH3 is 2. The minimum absolute atomic E-state index is 0.0406. The molecule has 2 aromatic rings. The highest BCUT2D eigenvalue weighted by Gasteiger charge is 2.38. The smallest absolute Gasteiger partial charge is 0.347 e. The highest BCUT2D eigenvalue weighted by Crippen LogP contribution is 2.33. The molecular formula is C38H48Cl2N2O10. The van der Waals surface area contributed by atoms with Crippen LogP contribution < -0.4 is 15.4 Å². The number of esters is 3. The van der Waals surface area contributed by atoms with Crippen LogP contribution in [0.25, 0.3) is 0 Å². The van der Waals surface area contributed by atoms with Gasteiger partial charge < -0.3 is 34.7 Å². The molecule has 0 saturated heterocycles. The molecule has 0 radical (unpaired) electrons. The monoisotopic (exact) mass is 762 g/mol. The van der Waals surface area contributed by atoms with Crippen molar-refractivity contribution in [2.24, 2.45) is 17.3 Å². The Morgan fingerprint density at radius 2 is 1.71 bits per heavy atom. The summed E-state index contributed by atoms with van der Waals surface area (Å²) >= 11 is 13.0. The Kier molecular flexibility index (Phi) is 15.5. The van der Waals surface area contributed by atoms with Gasteiger partial charge in [-0.2, -0.15) is 0 Å². The molecule has 0 bridgehead atoms.